The van der Waals surface area contributed by atoms with E-state index in [9.17, 15) is 9.18 Å². The second kappa shape index (κ2) is 9.13. The van der Waals surface area contributed by atoms with Gasteiger partial charge >= 0.3 is 0 Å². The van der Waals surface area contributed by atoms with Crippen molar-refractivity contribution in [1.29, 1.82) is 0 Å². The van der Waals surface area contributed by atoms with Gasteiger partial charge in [-0.3, -0.25) is 4.79 Å². The van der Waals surface area contributed by atoms with Crippen molar-refractivity contribution in [2.75, 3.05) is 29.1 Å². The van der Waals surface area contributed by atoms with Gasteiger partial charge in [-0.25, -0.2) is 9.37 Å². The lowest BCUT2D eigenvalue weighted by Crippen LogP contribution is -2.22. The van der Waals surface area contributed by atoms with Crippen LogP contribution in [0.25, 0.3) is 11.5 Å². The van der Waals surface area contributed by atoms with E-state index in [0.717, 1.165) is 42.9 Å². The van der Waals surface area contributed by atoms with Crippen LogP contribution in [0.3, 0.4) is 0 Å². The third kappa shape index (κ3) is 4.79. The van der Waals surface area contributed by atoms with Crippen LogP contribution in [0.1, 0.15) is 18.5 Å². The van der Waals surface area contributed by atoms with Crippen LogP contribution in [0.15, 0.2) is 59.2 Å². The van der Waals surface area contributed by atoms with E-state index in [1.807, 2.05) is 36.4 Å². The molecule has 150 valence electrons. The highest BCUT2D eigenvalue weighted by molar-refractivity contribution is 7.99. The van der Waals surface area contributed by atoms with Crippen LogP contribution in [0, 0.1) is 5.82 Å². The number of thioether (sulfide) groups is 1. The smallest absolute Gasteiger partial charge is 0.234 e. The Hall–Kier alpha value is -2.80. The predicted octanol–water partition coefficient (Wildman–Crippen LogP) is 4.95. The standard InChI is InChI=1S/C22H22FN3O2S/c23-18-9-6-10-19(26-11-4-5-12-26)21(18)25-20(27)15-29-14-17-13-28-22(24-17)16-7-2-1-3-8-16/h1-3,6-10,13H,4-5,11-12,14-15H2,(H,25,27). The summed E-state index contributed by atoms with van der Waals surface area (Å²) in [7, 11) is 0. The van der Waals surface area contributed by atoms with E-state index in [-0.39, 0.29) is 17.3 Å². The Morgan fingerprint density at radius 2 is 1.93 bits per heavy atom. The molecule has 2 heterocycles. The number of rotatable bonds is 7. The lowest BCUT2D eigenvalue weighted by atomic mass is 10.2. The Kier molecular flexibility index (Phi) is 6.14. The van der Waals surface area contributed by atoms with Crippen LogP contribution in [-0.2, 0) is 10.5 Å². The number of aromatic nitrogens is 1. The number of nitrogens with zero attached hydrogens (tertiary/aromatic N) is 2. The largest absolute Gasteiger partial charge is 0.444 e. The zero-order chi connectivity index (χ0) is 20.1. The number of para-hydroxylation sites is 1. The summed E-state index contributed by atoms with van der Waals surface area (Å²) in [6.07, 6.45) is 3.78. The van der Waals surface area contributed by atoms with Gasteiger partial charge in [0.25, 0.3) is 0 Å². The molecule has 0 atom stereocenters. The number of amides is 1. The van der Waals surface area contributed by atoms with E-state index in [2.05, 4.69) is 15.2 Å². The Bertz CT molecular complexity index is 971. The first-order chi connectivity index (χ1) is 14.2. The lowest BCUT2D eigenvalue weighted by Gasteiger charge is -2.21. The van der Waals surface area contributed by atoms with Gasteiger partial charge in [0.1, 0.15) is 17.8 Å². The van der Waals surface area contributed by atoms with Crippen LogP contribution < -0.4 is 10.2 Å². The van der Waals surface area contributed by atoms with Crippen molar-refractivity contribution < 1.29 is 13.6 Å². The molecular formula is C22H22FN3O2S. The molecule has 1 N–H and O–H groups in total. The number of hydrogen-bond acceptors (Lipinski definition) is 5. The van der Waals surface area contributed by atoms with Crippen molar-refractivity contribution in [1.82, 2.24) is 4.98 Å². The van der Waals surface area contributed by atoms with E-state index < -0.39 is 5.82 Å². The Labute approximate surface area is 173 Å². The molecule has 1 fully saturated rings. The summed E-state index contributed by atoms with van der Waals surface area (Å²) in [6.45, 7) is 1.77. The summed E-state index contributed by atoms with van der Waals surface area (Å²) in [5.74, 6) is 0.678. The van der Waals surface area contributed by atoms with Gasteiger partial charge in [-0.1, -0.05) is 24.3 Å². The highest BCUT2D eigenvalue weighted by atomic mass is 32.2. The second-order valence-corrected chi connectivity index (χ2v) is 7.86. The van der Waals surface area contributed by atoms with Crippen molar-refractivity contribution in [2.45, 2.75) is 18.6 Å². The zero-order valence-corrected chi connectivity index (χ0v) is 16.8. The fourth-order valence-corrected chi connectivity index (χ4v) is 4.07. The number of carbonyl (C=O) groups is 1. The fraction of sp³-hybridized carbons (Fsp3) is 0.273. The summed E-state index contributed by atoms with van der Waals surface area (Å²) in [5, 5.41) is 2.75. The second-order valence-electron chi connectivity index (χ2n) is 6.88. The molecule has 3 aromatic rings. The van der Waals surface area contributed by atoms with Gasteiger partial charge in [0.2, 0.25) is 11.8 Å². The number of hydrogen-bond donors (Lipinski definition) is 1. The van der Waals surface area contributed by atoms with Crippen molar-refractivity contribution >= 4 is 29.0 Å². The van der Waals surface area contributed by atoms with Crippen LogP contribution >= 0.6 is 11.8 Å². The fourth-order valence-electron chi connectivity index (χ4n) is 3.37. The molecule has 0 bridgehead atoms. The van der Waals surface area contributed by atoms with Gasteiger partial charge < -0.3 is 14.6 Å². The molecule has 0 radical (unpaired) electrons. The molecule has 1 aliphatic rings. The molecule has 0 aliphatic carbocycles. The first-order valence-corrected chi connectivity index (χ1v) is 10.8. The molecule has 1 amide bonds. The molecule has 4 rings (SSSR count). The molecule has 1 aromatic heterocycles. The Morgan fingerprint density at radius 3 is 2.72 bits per heavy atom. The molecule has 1 aliphatic heterocycles. The summed E-state index contributed by atoms with van der Waals surface area (Å²) >= 11 is 1.42. The van der Waals surface area contributed by atoms with Gasteiger partial charge in [0.15, 0.2) is 0 Å². The Balaban J connectivity index is 1.33. The molecule has 0 unspecified atom stereocenters. The number of nitrogens with one attached hydrogen (secondary N) is 1. The first kappa shape index (κ1) is 19.5. The van der Waals surface area contributed by atoms with Crippen LogP contribution in [0.4, 0.5) is 15.8 Å². The molecule has 2 aromatic carbocycles. The van der Waals surface area contributed by atoms with Crippen molar-refractivity contribution in [3.8, 4) is 11.5 Å². The highest BCUT2D eigenvalue weighted by Crippen LogP contribution is 2.31. The number of halogens is 1. The molecule has 0 saturated carbocycles. The van der Waals surface area contributed by atoms with Crippen molar-refractivity contribution in [2.24, 2.45) is 0 Å². The van der Waals surface area contributed by atoms with Crippen LogP contribution in [0.5, 0.6) is 0 Å². The van der Waals surface area contributed by atoms with Gasteiger partial charge in [-0.05, 0) is 37.1 Å². The van der Waals surface area contributed by atoms with Gasteiger partial charge in [0, 0.05) is 24.4 Å². The summed E-state index contributed by atoms with van der Waals surface area (Å²) in [5.41, 5.74) is 2.71. The summed E-state index contributed by atoms with van der Waals surface area (Å²) < 4.78 is 19.9. The molecule has 1 saturated heterocycles. The Morgan fingerprint density at radius 1 is 1.14 bits per heavy atom. The van der Waals surface area contributed by atoms with E-state index in [1.165, 1.54) is 17.8 Å². The average molecular weight is 412 g/mol. The number of anilines is 2. The van der Waals surface area contributed by atoms with Crippen molar-refractivity contribution in [3.63, 3.8) is 0 Å². The van der Waals surface area contributed by atoms with E-state index >= 15 is 0 Å². The highest BCUT2D eigenvalue weighted by Gasteiger charge is 2.19. The predicted molar refractivity (Wildman–Crippen MR) is 115 cm³/mol. The van der Waals surface area contributed by atoms with Crippen molar-refractivity contribution in [3.05, 3.63) is 66.3 Å². The maximum Gasteiger partial charge on any atom is 0.234 e. The molecule has 7 heteroatoms. The number of carbonyl (C=O) groups excluding carboxylic acids is 1. The molecule has 0 spiro atoms. The maximum absolute atomic E-state index is 14.3. The molecular weight excluding hydrogens is 389 g/mol. The SMILES string of the molecule is O=C(CSCc1coc(-c2ccccc2)n1)Nc1c(F)cccc1N1CCCC1. The average Bonchev–Trinajstić information content (AvgIpc) is 3.42. The van der Waals surface area contributed by atoms with Gasteiger partial charge in [-0.2, -0.15) is 0 Å². The van der Waals surface area contributed by atoms with E-state index in [1.54, 1.807) is 12.3 Å². The minimum Gasteiger partial charge on any atom is -0.444 e. The minimum atomic E-state index is -0.406. The lowest BCUT2D eigenvalue weighted by molar-refractivity contribution is -0.113. The summed E-state index contributed by atoms with van der Waals surface area (Å²) in [6, 6.07) is 14.6. The molecule has 29 heavy (non-hydrogen) atoms. The monoisotopic (exact) mass is 411 g/mol. The minimum absolute atomic E-state index is 0.210. The maximum atomic E-state index is 14.3. The third-order valence-corrected chi connectivity index (χ3v) is 5.72. The quantitative estimate of drug-likeness (QED) is 0.596. The molecule has 5 nitrogen and oxygen atoms in total. The van der Waals surface area contributed by atoms with E-state index in [0.29, 0.717) is 11.6 Å². The topological polar surface area (TPSA) is 58.4 Å². The number of oxazole rings is 1. The third-order valence-electron chi connectivity index (χ3n) is 4.76. The number of benzene rings is 2. The van der Waals surface area contributed by atoms with E-state index in [4.69, 9.17) is 4.42 Å². The van der Waals surface area contributed by atoms with Gasteiger partial charge in [-0.15, -0.1) is 11.8 Å². The first-order valence-electron chi connectivity index (χ1n) is 9.61. The van der Waals surface area contributed by atoms with Gasteiger partial charge in [0.05, 0.1) is 17.1 Å². The normalized spacial score (nSPS) is 13.6. The summed E-state index contributed by atoms with van der Waals surface area (Å²) in [4.78, 5) is 19.0. The van der Waals surface area contributed by atoms with Crippen LogP contribution in [-0.4, -0.2) is 29.7 Å². The zero-order valence-electron chi connectivity index (χ0n) is 15.9. The van der Waals surface area contributed by atoms with Crippen LogP contribution in [0.2, 0.25) is 0 Å².